The number of hydrogen-bond donors (Lipinski definition) is 1. The van der Waals surface area contributed by atoms with E-state index in [2.05, 4.69) is 0 Å². The second-order valence-corrected chi connectivity index (χ2v) is 4.35. The molecular weight excluding hydrogens is 254 g/mol. The van der Waals surface area contributed by atoms with Crippen molar-refractivity contribution in [2.75, 3.05) is 11.4 Å². The topological polar surface area (TPSA) is 57.6 Å². The van der Waals surface area contributed by atoms with Gasteiger partial charge in [0.2, 0.25) is 0 Å². The summed E-state index contributed by atoms with van der Waals surface area (Å²) in [6.45, 7) is 3.97. The maximum Gasteiger partial charge on any atom is 0.305 e. The Bertz CT molecular complexity index is 515. The Morgan fingerprint density at radius 2 is 1.85 bits per heavy atom. The fourth-order valence-electron chi connectivity index (χ4n) is 1.64. The summed E-state index contributed by atoms with van der Waals surface area (Å²) in [4.78, 5) is 24.3. The Morgan fingerprint density at radius 3 is 2.40 bits per heavy atom. The third kappa shape index (κ3) is 5.10. The summed E-state index contributed by atoms with van der Waals surface area (Å²) < 4.78 is 0. The number of aliphatic carboxylic acids is 1. The number of amides is 1. The molecule has 1 rings (SSSR count). The molecule has 106 valence electrons. The molecule has 0 aliphatic carbocycles. The van der Waals surface area contributed by atoms with Gasteiger partial charge in [-0.15, -0.1) is 0 Å². The zero-order valence-electron chi connectivity index (χ0n) is 11.7. The van der Waals surface area contributed by atoms with E-state index in [1.807, 2.05) is 44.2 Å². The molecule has 0 saturated heterocycles. The molecular formula is C16H19NO3. The van der Waals surface area contributed by atoms with Crippen LogP contribution in [0.25, 0.3) is 0 Å². The number of benzene rings is 1. The number of nitrogens with zero attached hydrogens (tertiary/aromatic N) is 1. The average Bonchev–Trinajstić information content (AvgIpc) is 2.41. The van der Waals surface area contributed by atoms with Crippen LogP contribution in [0.4, 0.5) is 5.69 Å². The van der Waals surface area contributed by atoms with E-state index in [4.69, 9.17) is 5.11 Å². The number of anilines is 1. The Morgan fingerprint density at radius 1 is 1.20 bits per heavy atom. The minimum absolute atomic E-state index is 0.0862. The molecule has 1 aromatic carbocycles. The zero-order chi connectivity index (χ0) is 15.0. The van der Waals surface area contributed by atoms with Crippen LogP contribution in [0.3, 0.4) is 0 Å². The molecule has 0 unspecified atom stereocenters. The number of carboxylic acid groups (broad SMARTS) is 1. The first-order chi connectivity index (χ1) is 9.54. The summed E-state index contributed by atoms with van der Waals surface area (Å²) >= 11 is 0. The second kappa shape index (κ2) is 7.94. The number of rotatable bonds is 6. The Kier molecular flexibility index (Phi) is 6.23. The lowest BCUT2D eigenvalue weighted by Gasteiger charge is -2.20. The minimum Gasteiger partial charge on any atom is -0.481 e. The molecule has 0 fully saturated rings. The van der Waals surface area contributed by atoms with E-state index < -0.39 is 5.97 Å². The van der Waals surface area contributed by atoms with Crippen LogP contribution in [-0.2, 0) is 9.59 Å². The molecule has 1 aromatic rings. The van der Waals surface area contributed by atoms with Gasteiger partial charge in [-0.2, -0.15) is 0 Å². The summed E-state index contributed by atoms with van der Waals surface area (Å²) in [6.07, 6.45) is 6.56. The van der Waals surface area contributed by atoms with Crippen molar-refractivity contribution in [2.45, 2.75) is 20.3 Å². The highest BCUT2D eigenvalue weighted by Gasteiger charge is 2.14. The van der Waals surface area contributed by atoms with Crippen LogP contribution in [0.5, 0.6) is 0 Å². The molecule has 0 aromatic heterocycles. The maximum absolute atomic E-state index is 12.1. The SMILES string of the molecule is C/C=C/C=C/C(=O)N(CCC(=O)O)c1ccc(C)cc1. The van der Waals surface area contributed by atoms with Crippen LogP contribution in [0.2, 0.25) is 0 Å². The maximum atomic E-state index is 12.1. The molecule has 20 heavy (non-hydrogen) atoms. The molecule has 4 heteroatoms. The van der Waals surface area contributed by atoms with Crippen LogP contribution in [-0.4, -0.2) is 23.5 Å². The molecule has 0 radical (unpaired) electrons. The smallest absolute Gasteiger partial charge is 0.305 e. The summed E-state index contributed by atoms with van der Waals surface area (Å²) in [6, 6.07) is 7.43. The Hall–Kier alpha value is -2.36. The van der Waals surface area contributed by atoms with Crippen LogP contribution >= 0.6 is 0 Å². The first-order valence-electron chi connectivity index (χ1n) is 6.44. The number of hydrogen-bond acceptors (Lipinski definition) is 2. The molecule has 4 nitrogen and oxygen atoms in total. The predicted octanol–water partition coefficient (Wildman–Crippen LogP) is 2.94. The van der Waals surface area contributed by atoms with Crippen LogP contribution in [0.15, 0.2) is 48.6 Å². The molecule has 0 saturated carbocycles. The number of allylic oxidation sites excluding steroid dienone is 3. The standard InChI is InChI=1S/C16H19NO3/c1-3-4-5-6-15(18)17(12-11-16(19)20)14-9-7-13(2)8-10-14/h3-10H,11-12H2,1-2H3,(H,19,20)/b4-3+,6-5+. The molecule has 0 aliphatic heterocycles. The number of carbonyl (C=O) groups excluding carboxylic acids is 1. The zero-order valence-corrected chi connectivity index (χ0v) is 11.7. The van der Waals surface area contributed by atoms with Crippen molar-refractivity contribution in [3.8, 4) is 0 Å². The van der Waals surface area contributed by atoms with E-state index in [1.54, 1.807) is 12.2 Å². The fraction of sp³-hybridized carbons (Fsp3) is 0.250. The largest absolute Gasteiger partial charge is 0.481 e. The minimum atomic E-state index is -0.924. The number of aryl methyl sites for hydroxylation is 1. The van der Waals surface area contributed by atoms with E-state index in [0.29, 0.717) is 5.69 Å². The quantitative estimate of drug-likeness (QED) is 0.640. The highest BCUT2D eigenvalue weighted by molar-refractivity contribution is 6.01. The van der Waals surface area contributed by atoms with Gasteiger partial charge in [-0.25, -0.2) is 0 Å². The van der Waals surface area contributed by atoms with Crippen molar-refractivity contribution in [3.63, 3.8) is 0 Å². The van der Waals surface area contributed by atoms with Gasteiger partial charge in [0.05, 0.1) is 6.42 Å². The molecule has 0 atom stereocenters. The van der Waals surface area contributed by atoms with Gasteiger partial charge < -0.3 is 10.0 Å². The van der Waals surface area contributed by atoms with Crippen molar-refractivity contribution in [3.05, 3.63) is 54.1 Å². The first kappa shape index (κ1) is 15.7. The second-order valence-electron chi connectivity index (χ2n) is 4.35. The summed E-state index contributed by atoms with van der Waals surface area (Å²) in [5.74, 6) is -1.15. The molecule has 0 bridgehead atoms. The van der Waals surface area contributed by atoms with Gasteiger partial charge in [0.15, 0.2) is 0 Å². The predicted molar refractivity (Wildman–Crippen MR) is 79.7 cm³/mol. The van der Waals surface area contributed by atoms with Gasteiger partial charge >= 0.3 is 5.97 Å². The first-order valence-corrected chi connectivity index (χ1v) is 6.44. The van der Waals surface area contributed by atoms with E-state index in [1.165, 1.54) is 11.0 Å². The van der Waals surface area contributed by atoms with E-state index in [9.17, 15) is 9.59 Å². The van der Waals surface area contributed by atoms with Gasteiger partial charge in [-0.05, 0) is 26.0 Å². The average molecular weight is 273 g/mol. The number of carbonyl (C=O) groups is 2. The monoisotopic (exact) mass is 273 g/mol. The summed E-state index contributed by atoms with van der Waals surface area (Å²) in [7, 11) is 0. The lowest BCUT2D eigenvalue weighted by Crippen LogP contribution is -2.31. The van der Waals surface area contributed by atoms with Gasteiger partial charge in [0, 0.05) is 18.3 Å². The lowest BCUT2D eigenvalue weighted by molar-refractivity contribution is -0.136. The lowest BCUT2D eigenvalue weighted by atomic mass is 10.2. The molecule has 0 heterocycles. The van der Waals surface area contributed by atoms with Crippen molar-refractivity contribution in [2.24, 2.45) is 0 Å². The van der Waals surface area contributed by atoms with Crippen molar-refractivity contribution >= 4 is 17.6 Å². The molecule has 0 aliphatic rings. The highest BCUT2D eigenvalue weighted by Crippen LogP contribution is 2.16. The third-order valence-electron chi connectivity index (χ3n) is 2.70. The Labute approximate surface area is 119 Å². The van der Waals surface area contributed by atoms with Crippen molar-refractivity contribution in [1.29, 1.82) is 0 Å². The van der Waals surface area contributed by atoms with Crippen LogP contribution in [0, 0.1) is 6.92 Å². The summed E-state index contributed by atoms with van der Waals surface area (Å²) in [5, 5.41) is 8.78. The van der Waals surface area contributed by atoms with Gasteiger partial charge in [0.1, 0.15) is 0 Å². The van der Waals surface area contributed by atoms with Crippen molar-refractivity contribution in [1.82, 2.24) is 0 Å². The third-order valence-corrected chi connectivity index (χ3v) is 2.70. The highest BCUT2D eigenvalue weighted by atomic mass is 16.4. The molecule has 1 amide bonds. The van der Waals surface area contributed by atoms with Gasteiger partial charge in [-0.3, -0.25) is 9.59 Å². The normalized spacial score (nSPS) is 11.1. The van der Waals surface area contributed by atoms with Crippen LogP contribution < -0.4 is 4.90 Å². The van der Waals surface area contributed by atoms with E-state index in [-0.39, 0.29) is 18.9 Å². The van der Waals surface area contributed by atoms with Gasteiger partial charge in [-0.1, -0.05) is 35.9 Å². The van der Waals surface area contributed by atoms with E-state index >= 15 is 0 Å². The fourth-order valence-corrected chi connectivity index (χ4v) is 1.64. The Balaban J connectivity index is 2.92. The number of carboxylic acids is 1. The van der Waals surface area contributed by atoms with Crippen LogP contribution in [0.1, 0.15) is 18.9 Å². The summed E-state index contributed by atoms with van der Waals surface area (Å²) in [5.41, 5.74) is 1.79. The van der Waals surface area contributed by atoms with Gasteiger partial charge in [0.25, 0.3) is 5.91 Å². The molecule has 0 spiro atoms. The van der Waals surface area contributed by atoms with Crippen molar-refractivity contribution < 1.29 is 14.7 Å². The van der Waals surface area contributed by atoms with E-state index in [0.717, 1.165) is 5.56 Å². The molecule has 1 N–H and O–H groups in total.